The van der Waals surface area contributed by atoms with Crippen LogP contribution in [0.3, 0.4) is 0 Å². The number of hydrogen-bond acceptors (Lipinski definition) is 4. The molecule has 1 atom stereocenters. The molecule has 5 heteroatoms. The third-order valence-electron chi connectivity index (χ3n) is 2.94. The lowest BCUT2D eigenvalue weighted by Crippen LogP contribution is -2.35. The molecule has 2 heterocycles. The molecule has 0 saturated carbocycles. The second-order valence-corrected chi connectivity index (χ2v) is 3.91. The number of carbonyl (C=O) groups is 1. The molecule has 84 valence electrons. The summed E-state index contributed by atoms with van der Waals surface area (Å²) >= 11 is 0. The molecule has 2 rings (SSSR count). The molecule has 1 N–H and O–H groups in total. The first-order chi connectivity index (χ1) is 7.18. The van der Waals surface area contributed by atoms with Gasteiger partial charge in [0.1, 0.15) is 0 Å². The third-order valence-corrected chi connectivity index (χ3v) is 2.94. The van der Waals surface area contributed by atoms with Gasteiger partial charge in [-0.15, -0.1) is 5.06 Å². The number of rotatable bonds is 2. The van der Waals surface area contributed by atoms with E-state index in [1.54, 1.807) is 18.2 Å². The van der Waals surface area contributed by atoms with Crippen LogP contribution >= 0.6 is 0 Å². The molecule has 0 aromatic heterocycles. The van der Waals surface area contributed by atoms with E-state index in [0.717, 1.165) is 26.1 Å². The Morgan fingerprint density at radius 2 is 2.20 bits per heavy atom. The van der Waals surface area contributed by atoms with E-state index in [2.05, 4.69) is 0 Å². The van der Waals surface area contributed by atoms with Gasteiger partial charge in [0.05, 0.1) is 6.04 Å². The smallest absolute Gasteiger partial charge is 0.373 e. The van der Waals surface area contributed by atoms with Crippen molar-refractivity contribution in [2.45, 2.75) is 18.9 Å². The highest BCUT2D eigenvalue weighted by atomic mass is 16.7. The molecule has 0 spiro atoms. The summed E-state index contributed by atoms with van der Waals surface area (Å²) < 4.78 is 5.27. The van der Waals surface area contributed by atoms with E-state index in [0.29, 0.717) is 5.92 Å². The third kappa shape index (κ3) is 2.13. The number of carboxylic acid groups (broad SMARTS) is 1. The van der Waals surface area contributed by atoms with Crippen molar-refractivity contribution in [1.29, 1.82) is 0 Å². The van der Waals surface area contributed by atoms with Crippen molar-refractivity contribution in [3.63, 3.8) is 0 Å². The minimum absolute atomic E-state index is 0.0361. The number of hydroxylamine groups is 2. The number of nitrogens with zero attached hydrogens (tertiary/aromatic N) is 1. The molecular weight excluding hydrogens is 198 g/mol. The van der Waals surface area contributed by atoms with Gasteiger partial charge in [-0.1, -0.05) is 0 Å². The van der Waals surface area contributed by atoms with Gasteiger partial charge in [-0.25, -0.2) is 4.79 Å². The van der Waals surface area contributed by atoms with Crippen molar-refractivity contribution >= 4 is 5.97 Å². The molecular formula is C10H15NO4. The molecule has 0 amide bonds. The summed E-state index contributed by atoms with van der Waals surface area (Å²) in [6.45, 7) is 1.51. The predicted octanol–water partition coefficient (Wildman–Crippen LogP) is 0.627. The summed E-state index contributed by atoms with van der Waals surface area (Å²) in [4.78, 5) is 15.9. The number of carboxylic acids is 1. The van der Waals surface area contributed by atoms with Gasteiger partial charge in [-0.3, -0.25) is 0 Å². The Labute approximate surface area is 88.2 Å². The lowest BCUT2D eigenvalue weighted by molar-refractivity contribution is -0.152. The number of likely N-dealkylation sites (N-methyl/N-ethyl adjacent to an activating group) is 1. The van der Waals surface area contributed by atoms with Crippen LogP contribution in [-0.4, -0.2) is 42.4 Å². The summed E-state index contributed by atoms with van der Waals surface area (Å²) in [5.41, 5.74) is 0. The average molecular weight is 213 g/mol. The summed E-state index contributed by atoms with van der Waals surface area (Å²) in [6, 6.07) is 0.0694. The lowest BCUT2D eigenvalue weighted by atomic mass is 9.91. The largest absolute Gasteiger partial charge is 0.475 e. The Kier molecular flexibility index (Phi) is 2.93. The van der Waals surface area contributed by atoms with Gasteiger partial charge in [-0.05, 0) is 24.8 Å². The SMILES string of the molecule is CN1OC(C(=O)O)=CC1C1CCOCC1. The van der Waals surface area contributed by atoms with E-state index in [4.69, 9.17) is 14.7 Å². The summed E-state index contributed by atoms with van der Waals surface area (Å²) in [5, 5.41) is 10.4. The first-order valence-corrected chi connectivity index (χ1v) is 5.12. The van der Waals surface area contributed by atoms with Gasteiger partial charge in [0.2, 0.25) is 5.76 Å². The molecule has 0 aliphatic carbocycles. The minimum Gasteiger partial charge on any atom is -0.475 e. The van der Waals surface area contributed by atoms with Crippen LogP contribution in [0.4, 0.5) is 0 Å². The van der Waals surface area contributed by atoms with Crippen LogP contribution < -0.4 is 0 Å². The van der Waals surface area contributed by atoms with Crippen LogP contribution in [0.1, 0.15) is 12.8 Å². The van der Waals surface area contributed by atoms with Gasteiger partial charge in [0.15, 0.2) is 0 Å². The molecule has 1 fully saturated rings. The van der Waals surface area contributed by atoms with Gasteiger partial charge in [-0.2, -0.15) is 0 Å². The van der Waals surface area contributed by atoms with E-state index in [1.165, 1.54) is 0 Å². The van der Waals surface area contributed by atoms with E-state index >= 15 is 0 Å². The van der Waals surface area contributed by atoms with Crippen LogP contribution in [0.15, 0.2) is 11.8 Å². The van der Waals surface area contributed by atoms with Crippen LogP contribution in [0, 0.1) is 5.92 Å². The van der Waals surface area contributed by atoms with E-state index < -0.39 is 5.97 Å². The normalized spacial score (nSPS) is 28.6. The predicted molar refractivity (Wildman–Crippen MR) is 51.9 cm³/mol. The number of aliphatic carboxylic acids is 1. The number of hydrogen-bond donors (Lipinski definition) is 1. The molecule has 5 nitrogen and oxygen atoms in total. The lowest BCUT2D eigenvalue weighted by Gasteiger charge is -2.29. The second kappa shape index (κ2) is 4.20. The number of ether oxygens (including phenoxy) is 1. The highest BCUT2D eigenvalue weighted by Gasteiger charge is 2.34. The van der Waals surface area contributed by atoms with Gasteiger partial charge in [0, 0.05) is 20.3 Å². The maximum absolute atomic E-state index is 10.7. The van der Waals surface area contributed by atoms with E-state index in [9.17, 15) is 4.79 Å². The first kappa shape index (κ1) is 10.4. The van der Waals surface area contributed by atoms with Gasteiger partial charge >= 0.3 is 5.97 Å². The van der Waals surface area contributed by atoms with Crippen LogP contribution in [0.5, 0.6) is 0 Å². The zero-order valence-corrected chi connectivity index (χ0v) is 8.68. The van der Waals surface area contributed by atoms with Crippen molar-refractivity contribution in [2.75, 3.05) is 20.3 Å². The molecule has 0 aromatic carbocycles. The maximum atomic E-state index is 10.7. The molecule has 1 unspecified atom stereocenters. The zero-order valence-electron chi connectivity index (χ0n) is 8.68. The van der Waals surface area contributed by atoms with E-state index in [1.807, 2.05) is 0 Å². The Morgan fingerprint density at radius 3 is 2.73 bits per heavy atom. The van der Waals surface area contributed by atoms with Crippen LogP contribution in [0.25, 0.3) is 0 Å². The molecule has 0 bridgehead atoms. The molecule has 2 aliphatic heterocycles. The molecule has 0 aromatic rings. The minimum atomic E-state index is -1.00. The van der Waals surface area contributed by atoms with Crippen molar-refractivity contribution in [3.8, 4) is 0 Å². The molecule has 2 aliphatic rings. The Bertz CT molecular complexity index is 283. The summed E-state index contributed by atoms with van der Waals surface area (Å²) in [6.07, 6.45) is 3.61. The molecule has 15 heavy (non-hydrogen) atoms. The summed E-state index contributed by atoms with van der Waals surface area (Å²) in [5.74, 6) is -0.536. The van der Waals surface area contributed by atoms with Crippen LogP contribution in [-0.2, 0) is 14.4 Å². The second-order valence-electron chi connectivity index (χ2n) is 3.91. The quantitative estimate of drug-likeness (QED) is 0.729. The Balaban J connectivity index is 2.04. The van der Waals surface area contributed by atoms with Crippen molar-refractivity contribution in [2.24, 2.45) is 5.92 Å². The van der Waals surface area contributed by atoms with Crippen molar-refractivity contribution < 1.29 is 19.5 Å². The highest BCUT2D eigenvalue weighted by molar-refractivity contribution is 5.84. The highest BCUT2D eigenvalue weighted by Crippen LogP contribution is 2.28. The topological polar surface area (TPSA) is 59.0 Å². The maximum Gasteiger partial charge on any atom is 0.373 e. The summed E-state index contributed by atoms with van der Waals surface area (Å²) in [7, 11) is 1.77. The van der Waals surface area contributed by atoms with Gasteiger partial charge in [0.25, 0.3) is 0 Å². The first-order valence-electron chi connectivity index (χ1n) is 5.12. The van der Waals surface area contributed by atoms with Gasteiger partial charge < -0.3 is 14.7 Å². The fourth-order valence-corrected chi connectivity index (χ4v) is 2.11. The average Bonchev–Trinajstić information content (AvgIpc) is 2.62. The molecule has 1 saturated heterocycles. The van der Waals surface area contributed by atoms with Crippen molar-refractivity contribution in [1.82, 2.24) is 5.06 Å². The van der Waals surface area contributed by atoms with E-state index in [-0.39, 0.29) is 11.8 Å². The van der Waals surface area contributed by atoms with Crippen molar-refractivity contribution in [3.05, 3.63) is 11.8 Å². The monoisotopic (exact) mass is 213 g/mol. The Morgan fingerprint density at radius 1 is 1.53 bits per heavy atom. The van der Waals surface area contributed by atoms with Crippen LogP contribution in [0.2, 0.25) is 0 Å². The fourth-order valence-electron chi connectivity index (χ4n) is 2.11. The molecule has 0 radical (unpaired) electrons. The fraction of sp³-hybridized carbons (Fsp3) is 0.700. The standard InChI is InChI=1S/C10H15NO4/c1-11-8(6-9(15-11)10(12)13)7-2-4-14-5-3-7/h6-8H,2-5H2,1H3,(H,12,13). The zero-order chi connectivity index (χ0) is 10.8. The Hall–Kier alpha value is -1.07.